The molecule has 0 bridgehead atoms. The Bertz CT molecular complexity index is 200. The van der Waals surface area contributed by atoms with Crippen LogP contribution in [-0.2, 0) is 0 Å². The fourth-order valence-electron chi connectivity index (χ4n) is 0.715. The predicted octanol–water partition coefficient (Wildman–Crippen LogP) is 2.47. The number of hydrogen-bond donors (Lipinski definition) is 1. The van der Waals surface area contributed by atoms with E-state index in [4.69, 9.17) is 0 Å². The van der Waals surface area contributed by atoms with Crippen molar-refractivity contribution in [1.82, 2.24) is 5.43 Å². The summed E-state index contributed by atoms with van der Waals surface area (Å²) >= 11 is 0. The van der Waals surface area contributed by atoms with Crippen LogP contribution in [0, 0.1) is 5.92 Å². The molecule has 1 N–H and O–H groups in total. The quantitative estimate of drug-likeness (QED) is 0.377. The van der Waals surface area contributed by atoms with Gasteiger partial charge < -0.3 is 0 Å². The van der Waals surface area contributed by atoms with Crippen LogP contribution in [0.25, 0.3) is 0 Å². The molecule has 0 rings (SSSR count). The van der Waals surface area contributed by atoms with Crippen LogP contribution in [0.2, 0.25) is 0 Å². The normalized spacial score (nSPS) is 12.1. The van der Waals surface area contributed by atoms with Gasteiger partial charge in [-0.15, -0.1) is 0 Å². The first kappa shape index (κ1) is 10.7. The summed E-state index contributed by atoms with van der Waals surface area (Å²) in [6.07, 6.45) is 6.98. The van der Waals surface area contributed by atoms with Crippen molar-refractivity contribution >= 4 is 6.21 Å². The zero-order chi connectivity index (χ0) is 9.40. The van der Waals surface area contributed by atoms with Gasteiger partial charge in [-0.2, -0.15) is 5.10 Å². The molecule has 2 nitrogen and oxygen atoms in total. The van der Waals surface area contributed by atoms with E-state index in [1.807, 2.05) is 12.2 Å². The van der Waals surface area contributed by atoms with Crippen molar-refractivity contribution in [3.63, 3.8) is 0 Å². The van der Waals surface area contributed by atoms with Gasteiger partial charge in [0.2, 0.25) is 0 Å². The summed E-state index contributed by atoms with van der Waals surface area (Å²) in [5.41, 5.74) is 3.79. The number of nitrogens with zero attached hydrogens (tertiary/aromatic N) is 1. The molecule has 2 heteroatoms. The first-order valence-corrected chi connectivity index (χ1v) is 3.94. The smallest absolute Gasteiger partial charge is 0.0474 e. The summed E-state index contributed by atoms with van der Waals surface area (Å²) in [5, 5.41) is 3.84. The van der Waals surface area contributed by atoms with Crippen molar-refractivity contribution in [3.05, 3.63) is 37.1 Å². The molecule has 0 aliphatic rings. The monoisotopic (exact) mass is 164 g/mol. The fourth-order valence-corrected chi connectivity index (χ4v) is 0.715. The summed E-state index contributed by atoms with van der Waals surface area (Å²) in [5.74, 6) is 0.484. The van der Waals surface area contributed by atoms with Crippen molar-refractivity contribution in [2.24, 2.45) is 11.0 Å². The molecule has 66 valence electrons. The first-order chi connectivity index (χ1) is 5.72. The highest BCUT2D eigenvalue weighted by molar-refractivity contribution is 5.72. The van der Waals surface area contributed by atoms with Crippen molar-refractivity contribution < 1.29 is 0 Å². The second-order valence-electron chi connectivity index (χ2n) is 2.64. The largest absolute Gasteiger partial charge is 0.286 e. The van der Waals surface area contributed by atoms with E-state index in [9.17, 15) is 0 Å². The van der Waals surface area contributed by atoms with E-state index in [1.165, 1.54) is 11.8 Å². The van der Waals surface area contributed by atoms with Crippen LogP contribution in [0.3, 0.4) is 0 Å². The average molecular weight is 164 g/mol. The molecular formula is C10H16N2. The molecule has 0 aliphatic carbocycles. The molecule has 0 aromatic heterocycles. The highest BCUT2D eigenvalue weighted by atomic mass is 15.3. The molecule has 0 fully saturated rings. The Labute approximate surface area is 74.4 Å². The molecule has 0 atom stereocenters. The molecule has 0 heterocycles. The third kappa shape index (κ3) is 4.50. The third-order valence-electron chi connectivity index (χ3n) is 1.41. The molecule has 0 amide bonds. The van der Waals surface area contributed by atoms with Crippen LogP contribution in [0.4, 0.5) is 0 Å². The summed E-state index contributed by atoms with van der Waals surface area (Å²) in [6.45, 7) is 11.4. The topological polar surface area (TPSA) is 24.4 Å². The van der Waals surface area contributed by atoms with Gasteiger partial charge in [0.1, 0.15) is 0 Å². The predicted molar refractivity (Wildman–Crippen MR) is 54.9 cm³/mol. The third-order valence-corrected chi connectivity index (χ3v) is 1.41. The zero-order valence-electron chi connectivity index (χ0n) is 7.75. The van der Waals surface area contributed by atoms with Gasteiger partial charge in [0.15, 0.2) is 0 Å². The maximum absolute atomic E-state index is 3.84. The van der Waals surface area contributed by atoms with E-state index in [-0.39, 0.29) is 0 Å². The van der Waals surface area contributed by atoms with E-state index < -0.39 is 0 Å². The minimum Gasteiger partial charge on any atom is -0.286 e. The summed E-state index contributed by atoms with van der Waals surface area (Å²) in [6, 6.07) is 0. The van der Waals surface area contributed by atoms with Crippen LogP contribution in [0.15, 0.2) is 42.2 Å². The lowest BCUT2D eigenvalue weighted by Gasteiger charge is -2.02. The molecule has 0 aromatic rings. The molecule has 0 spiro atoms. The van der Waals surface area contributed by atoms with Crippen molar-refractivity contribution in [2.75, 3.05) is 0 Å². The maximum Gasteiger partial charge on any atom is 0.0474 e. The Hall–Kier alpha value is -1.31. The number of hydrazone groups is 1. The molecular weight excluding hydrogens is 148 g/mol. The van der Waals surface area contributed by atoms with Gasteiger partial charge in [-0.05, 0) is 17.6 Å². The Morgan fingerprint density at radius 2 is 2.08 bits per heavy atom. The van der Waals surface area contributed by atoms with Crippen LogP contribution in [-0.4, -0.2) is 6.21 Å². The van der Waals surface area contributed by atoms with E-state index in [0.29, 0.717) is 5.92 Å². The van der Waals surface area contributed by atoms with Gasteiger partial charge >= 0.3 is 0 Å². The Morgan fingerprint density at radius 3 is 2.50 bits per heavy atom. The standard InChI is InChI=1S/C10H16N2/c1-5-10(9(3)4)7-8-12-11-6-2/h5-9,11H,1-2H2,3-4H3/b10-7-,12-8-. The lowest BCUT2D eigenvalue weighted by molar-refractivity contribution is 0.793. The zero-order valence-corrected chi connectivity index (χ0v) is 7.75. The fraction of sp³-hybridized carbons (Fsp3) is 0.300. The first-order valence-electron chi connectivity index (χ1n) is 3.94. The lowest BCUT2D eigenvalue weighted by atomic mass is 10.0. The number of hydrogen-bond acceptors (Lipinski definition) is 2. The van der Waals surface area contributed by atoms with E-state index in [0.717, 1.165) is 0 Å². The van der Waals surface area contributed by atoms with Crippen LogP contribution < -0.4 is 5.43 Å². The molecule has 0 unspecified atom stereocenters. The number of allylic oxidation sites excluding steroid dienone is 3. The number of nitrogens with one attached hydrogen (secondary N) is 1. The molecule has 0 saturated heterocycles. The highest BCUT2D eigenvalue weighted by Gasteiger charge is 1.94. The molecule has 0 saturated carbocycles. The second kappa shape index (κ2) is 6.40. The van der Waals surface area contributed by atoms with Gasteiger partial charge in [0.25, 0.3) is 0 Å². The van der Waals surface area contributed by atoms with Gasteiger partial charge in [-0.1, -0.05) is 33.1 Å². The van der Waals surface area contributed by atoms with Crippen molar-refractivity contribution in [2.45, 2.75) is 13.8 Å². The van der Waals surface area contributed by atoms with E-state index in [1.54, 1.807) is 6.21 Å². The van der Waals surface area contributed by atoms with Crippen LogP contribution in [0.5, 0.6) is 0 Å². The highest BCUT2D eigenvalue weighted by Crippen LogP contribution is 2.08. The van der Waals surface area contributed by atoms with E-state index in [2.05, 4.69) is 37.5 Å². The van der Waals surface area contributed by atoms with Crippen molar-refractivity contribution in [1.29, 1.82) is 0 Å². The summed E-state index contributed by atoms with van der Waals surface area (Å²) in [4.78, 5) is 0. The van der Waals surface area contributed by atoms with Crippen LogP contribution in [0.1, 0.15) is 13.8 Å². The average Bonchev–Trinajstić information content (AvgIpc) is 2.04. The molecule has 12 heavy (non-hydrogen) atoms. The van der Waals surface area contributed by atoms with Gasteiger partial charge in [-0.3, -0.25) is 5.43 Å². The Balaban J connectivity index is 4.10. The molecule has 0 aromatic carbocycles. The van der Waals surface area contributed by atoms with E-state index >= 15 is 0 Å². The minimum atomic E-state index is 0.484. The minimum absolute atomic E-state index is 0.484. The lowest BCUT2D eigenvalue weighted by Crippen LogP contribution is -1.93. The second-order valence-corrected chi connectivity index (χ2v) is 2.64. The Kier molecular flexibility index (Phi) is 5.70. The molecule has 0 aliphatic heterocycles. The summed E-state index contributed by atoms with van der Waals surface area (Å²) < 4.78 is 0. The summed E-state index contributed by atoms with van der Waals surface area (Å²) in [7, 11) is 0. The number of rotatable bonds is 5. The SMILES string of the molecule is C=CN/N=C\C=C(\C=C)C(C)C. The van der Waals surface area contributed by atoms with Gasteiger partial charge in [0, 0.05) is 12.4 Å². The van der Waals surface area contributed by atoms with Gasteiger partial charge in [0.05, 0.1) is 0 Å². The van der Waals surface area contributed by atoms with Crippen molar-refractivity contribution in [3.8, 4) is 0 Å². The maximum atomic E-state index is 3.84. The Morgan fingerprint density at radius 1 is 1.42 bits per heavy atom. The molecule has 0 radical (unpaired) electrons. The van der Waals surface area contributed by atoms with Gasteiger partial charge in [-0.25, -0.2) is 0 Å². The van der Waals surface area contributed by atoms with Crippen LogP contribution >= 0.6 is 0 Å².